The second kappa shape index (κ2) is 6.68. The molecule has 0 aromatic heterocycles. The van der Waals surface area contributed by atoms with Crippen LogP contribution in [0.15, 0.2) is 54.6 Å². The monoisotopic (exact) mass is 332 g/mol. The number of hydrogen-bond donors (Lipinski definition) is 0. The number of allylic oxidation sites excluding steroid dienone is 1. The van der Waals surface area contributed by atoms with E-state index < -0.39 is 0 Å². The van der Waals surface area contributed by atoms with Crippen molar-refractivity contribution in [3.05, 3.63) is 76.3 Å². The molecule has 0 heterocycles. The van der Waals surface area contributed by atoms with E-state index in [1.807, 2.05) is 24.3 Å². The third-order valence-corrected chi connectivity index (χ3v) is 4.08. The Morgan fingerprint density at radius 2 is 1.59 bits per heavy atom. The highest BCUT2D eigenvalue weighted by atomic mass is 35.5. The van der Waals surface area contributed by atoms with Crippen LogP contribution >= 0.6 is 23.2 Å². The Kier molecular flexibility index (Phi) is 5.10. The average Bonchev–Trinajstić information content (AvgIpc) is 2.46. The molecule has 0 N–H and O–H groups in total. The highest BCUT2D eigenvalue weighted by molar-refractivity contribution is 6.50. The molecule has 1 nitrogen and oxygen atoms in total. The molecule has 0 aliphatic rings. The van der Waals surface area contributed by atoms with Gasteiger partial charge in [0.05, 0.1) is 10.1 Å². The number of rotatable bonds is 3. The summed E-state index contributed by atoms with van der Waals surface area (Å²) in [6.07, 6.45) is 1.41. The Morgan fingerprint density at radius 3 is 2.14 bits per heavy atom. The number of ketones is 1. The zero-order chi connectivity index (χ0) is 16.3. The zero-order valence-corrected chi connectivity index (χ0v) is 14.4. The molecule has 0 aliphatic carbocycles. The summed E-state index contributed by atoms with van der Waals surface area (Å²) >= 11 is 12.3. The summed E-state index contributed by atoms with van der Waals surface area (Å²) in [5.74, 6) is -0.199. The summed E-state index contributed by atoms with van der Waals surface area (Å²) < 4.78 is 0. The Hall–Kier alpha value is -1.57. The number of hydrogen-bond acceptors (Lipinski definition) is 1. The van der Waals surface area contributed by atoms with Crippen LogP contribution in [0, 0.1) is 0 Å². The van der Waals surface area contributed by atoms with Crippen molar-refractivity contribution in [3.8, 4) is 0 Å². The molecule has 0 radical (unpaired) electrons. The molecule has 0 unspecified atom stereocenters. The van der Waals surface area contributed by atoms with Crippen molar-refractivity contribution >= 4 is 34.0 Å². The van der Waals surface area contributed by atoms with Gasteiger partial charge in [0.15, 0.2) is 5.78 Å². The smallest absolute Gasteiger partial charge is 0.188 e. The van der Waals surface area contributed by atoms with E-state index in [1.165, 1.54) is 11.6 Å². The van der Waals surface area contributed by atoms with Crippen molar-refractivity contribution in [3.63, 3.8) is 0 Å². The van der Waals surface area contributed by atoms with Gasteiger partial charge in [-0.15, -0.1) is 0 Å². The number of carbonyl (C=O) groups is 1. The largest absolute Gasteiger partial charge is 0.289 e. The maximum Gasteiger partial charge on any atom is 0.188 e. The van der Waals surface area contributed by atoms with Crippen molar-refractivity contribution in [2.45, 2.75) is 26.2 Å². The van der Waals surface area contributed by atoms with Gasteiger partial charge in [-0.2, -0.15) is 0 Å². The minimum Gasteiger partial charge on any atom is -0.289 e. The fourth-order valence-corrected chi connectivity index (χ4v) is 2.52. The molecule has 2 aromatic rings. The van der Waals surface area contributed by atoms with Crippen LogP contribution in [0.2, 0.25) is 5.02 Å². The molecule has 0 atom stereocenters. The van der Waals surface area contributed by atoms with Crippen molar-refractivity contribution in [2.75, 3.05) is 0 Å². The molecule has 22 heavy (non-hydrogen) atoms. The second-order valence-electron chi connectivity index (χ2n) is 6.16. The second-order valence-corrected chi connectivity index (χ2v) is 6.98. The van der Waals surface area contributed by atoms with Crippen LogP contribution in [0.4, 0.5) is 0 Å². The molecular weight excluding hydrogens is 315 g/mol. The first-order chi connectivity index (χ1) is 10.3. The third kappa shape index (κ3) is 4.00. The summed E-state index contributed by atoms with van der Waals surface area (Å²) in [5.41, 5.74) is 2.57. The van der Waals surface area contributed by atoms with Gasteiger partial charge in [-0.25, -0.2) is 0 Å². The lowest BCUT2D eigenvalue weighted by Gasteiger charge is -2.19. The van der Waals surface area contributed by atoms with Crippen LogP contribution in [-0.4, -0.2) is 5.78 Å². The van der Waals surface area contributed by atoms with Crippen molar-refractivity contribution < 1.29 is 4.79 Å². The lowest BCUT2D eigenvalue weighted by atomic mass is 9.86. The van der Waals surface area contributed by atoms with Crippen molar-refractivity contribution in [2.24, 2.45) is 0 Å². The maximum atomic E-state index is 12.2. The molecule has 0 amide bonds. The van der Waals surface area contributed by atoms with Gasteiger partial charge in [-0.1, -0.05) is 80.4 Å². The van der Waals surface area contributed by atoms with E-state index in [0.717, 1.165) is 5.56 Å². The minimum atomic E-state index is -0.199. The van der Waals surface area contributed by atoms with Crippen LogP contribution in [0.1, 0.15) is 42.3 Å². The molecule has 0 bridgehead atoms. The highest BCUT2D eigenvalue weighted by Crippen LogP contribution is 2.26. The SMILES string of the molecule is CC(C)(C)c1ccc(/C(Cl)=C/C(=O)c2ccccc2Cl)cc1. The van der Waals surface area contributed by atoms with E-state index in [9.17, 15) is 4.79 Å². The maximum absolute atomic E-state index is 12.2. The Bertz CT molecular complexity index is 707. The van der Waals surface area contributed by atoms with E-state index in [-0.39, 0.29) is 11.2 Å². The van der Waals surface area contributed by atoms with Crippen molar-refractivity contribution in [1.29, 1.82) is 0 Å². The van der Waals surface area contributed by atoms with Gasteiger partial charge in [0.25, 0.3) is 0 Å². The summed E-state index contributed by atoms with van der Waals surface area (Å²) in [7, 11) is 0. The van der Waals surface area contributed by atoms with Gasteiger partial charge >= 0.3 is 0 Å². The summed E-state index contributed by atoms with van der Waals surface area (Å²) in [4.78, 5) is 12.2. The van der Waals surface area contributed by atoms with Crippen LogP contribution in [0.5, 0.6) is 0 Å². The van der Waals surface area contributed by atoms with E-state index in [2.05, 4.69) is 20.8 Å². The first kappa shape index (κ1) is 16.8. The highest BCUT2D eigenvalue weighted by Gasteiger charge is 2.14. The Labute approximate surface area is 141 Å². The molecular formula is C19H18Cl2O. The quantitative estimate of drug-likeness (QED) is 0.490. The van der Waals surface area contributed by atoms with Gasteiger partial charge in [0.2, 0.25) is 0 Å². The van der Waals surface area contributed by atoms with Gasteiger partial charge in [-0.3, -0.25) is 4.79 Å². The predicted molar refractivity (Wildman–Crippen MR) is 94.8 cm³/mol. The molecule has 0 spiro atoms. The molecule has 2 aromatic carbocycles. The van der Waals surface area contributed by atoms with E-state index in [0.29, 0.717) is 15.6 Å². The van der Waals surface area contributed by atoms with Gasteiger partial charge in [0, 0.05) is 11.6 Å². The molecule has 0 fully saturated rings. The fraction of sp³-hybridized carbons (Fsp3) is 0.211. The van der Waals surface area contributed by atoms with Crippen LogP contribution < -0.4 is 0 Å². The summed E-state index contributed by atoms with van der Waals surface area (Å²) in [6.45, 7) is 6.46. The van der Waals surface area contributed by atoms with Gasteiger partial charge in [0.1, 0.15) is 0 Å². The van der Waals surface area contributed by atoms with Crippen molar-refractivity contribution in [1.82, 2.24) is 0 Å². The molecule has 2 rings (SSSR count). The fourth-order valence-electron chi connectivity index (χ4n) is 2.07. The molecule has 0 saturated carbocycles. The molecule has 0 saturated heterocycles. The lowest BCUT2D eigenvalue weighted by molar-refractivity contribution is 0.104. The molecule has 114 valence electrons. The lowest BCUT2D eigenvalue weighted by Crippen LogP contribution is -2.10. The molecule has 3 heteroatoms. The third-order valence-electron chi connectivity index (χ3n) is 3.42. The van der Waals surface area contributed by atoms with Crippen LogP contribution in [0.25, 0.3) is 5.03 Å². The normalized spacial score (nSPS) is 12.3. The number of halogens is 2. The number of carbonyl (C=O) groups excluding carboxylic acids is 1. The minimum absolute atomic E-state index is 0.0854. The van der Waals surface area contributed by atoms with Gasteiger partial charge < -0.3 is 0 Å². The van der Waals surface area contributed by atoms with E-state index in [4.69, 9.17) is 23.2 Å². The summed E-state index contributed by atoms with van der Waals surface area (Å²) in [6, 6.07) is 14.9. The van der Waals surface area contributed by atoms with E-state index >= 15 is 0 Å². The molecule has 0 aliphatic heterocycles. The first-order valence-corrected chi connectivity index (χ1v) is 7.81. The Morgan fingerprint density at radius 1 is 1.00 bits per heavy atom. The number of benzene rings is 2. The van der Waals surface area contributed by atoms with Crippen LogP contribution in [0.3, 0.4) is 0 Å². The average molecular weight is 333 g/mol. The predicted octanol–water partition coefficient (Wildman–Crippen LogP) is 6.10. The van der Waals surface area contributed by atoms with Crippen LogP contribution in [-0.2, 0) is 5.41 Å². The summed E-state index contributed by atoms with van der Waals surface area (Å²) in [5, 5.41) is 0.835. The topological polar surface area (TPSA) is 17.1 Å². The van der Waals surface area contributed by atoms with E-state index in [1.54, 1.807) is 24.3 Å². The first-order valence-electron chi connectivity index (χ1n) is 7.06. The Balaban J connectivity index is 2.26. The standard InChI is InChI=1S/C19H18Cl2O/c1-19(2,3)14-10-8-13(9-11-14)17(21)12-18(22)15-6-4-5-7-16(15)20/h4-12H,1-3H3/b17-12-. The van der Waals surface area contributed by atoms with Gasteiger partial charge in [-0.05, 0) is 28.7 Å². The zero-order valence-electron chi connectivity index (χ0n) is 12.9.